The number of nitrogens with one attached hydrogen (secondary N) is 2. The van der Waals surface area contributed by atoms with Crippen LogP contribution in [0, 0.1) is 0 Å². The molecule has 2 rings (SSSR count). The van der Waals surface area contributed by atoms with E-state index in [0.717, 1.165) is 12.2 Å². The first kappa shape index (κ1) is 13.9. The molecule has 1 unspecified atom stereocenters. The van der Waals surface area contributed by atoms with E-state index in [0.29, 0.717) is 13.1 Å². The molecular weight excluding hydrogens is 240 g/mol. The van der Waals surface area contributed by atoms with Crippen LogP contribution in [0.5, 0.6) is 5.75 Å². The van der Waals surface area contributed by atoms with Gasteiger partial charge in [0.25, 0.3) is 0 Å². The molecule has 0 saturated carbocycles. The van der Waals surface area contributed by atoms with Crippen LogP contribution in [-0.2, 0) is 11.2 Å². The molecule has 1 atom stereocenters. The van der Waals surface area contributed by atoms with Gasteiger partial charge < -0.3 is 15.4 Å². The minimum absolute atomic E-state index is 0.0167. The zero-order chi connectivity index (χ0) is 13.9. The summed E-state index contributed by atoms with van der Waals surface area (Å²) in [6.45, 7) is 6.94. The zero-order valence-electron chi connectivity index (χ0n) is 11.8. The van der Waals surface area contributed by atoms with Crippen molar-refractivity contribution in [2.24, 2.45) is 0 Å². The lowest BCUT2D eigenvalue weighted by Crippen LogP contribution is -2.46. The van der Waals surface area contributed by atoms with Crippen LogP contribution in [0.15, 0.2) is 24.3 Å². The Morgan fingerprint density at radius 3 is 2.79 bits per heavy atom. The van der Waals surface area contributed by atoms with Crippen LogP contribution < -0.4 is 15.4 Å². The van der Waals surface area contributed by atoms with Crippen LogP contribution in [0.4, 0.5) is 0 Å². The number of rotatable bonds is 4. The third-order valence-corrected chi connectivity index (χ3v) is 2.89. The Morgan fingerprint density at radius 1 is 1.37 bits per heavy atom. The average molecular weight is 262 g/mol. The van der Waals surface area contributed by atoms with E-state index in [1.807, 2.05) is 39.0 Å². The van der Waals surface area contributed by atoms with E-state index in [9.17, 15) is 4.79 Å². The summed E-state index contributed by atoms with van der Waals surface area (Å²) in [6.07, 6.45) is 1.03. The lowest BCUT2D eigenvalue weighted by atomic mass is 10.1. The number of hydrogen-bond donors (Lipinski definition) is 2. The molecule has 0 radical (unpaired) electrons. The van der Waals surface area contributed by atoms with Crippen LogP contribution in [0.25, 0.3) is 0 Å². The Labute approximate surface area is 114 Å². The van der Waals surface area contributed by atoms with Crippen LogP contribution in [0.3, 0.4) is 0 Å². The van der Waals surface area contributed by atoms with Gasteiger partial charge in [0.1, 0.15) is 11.9 Å². The van der Waals surface area contributed by atoms with Gasteiger partial charge in [-0.15, -0.1) is 0 Å². The first-order chi connectivity index (χ1) is 8.94. The number of carbonyl (C=O) groups excluding carboxylic acids is 1. The molecule has 1 aliphatic rings. The smallest absolute Gasteiger partial charge is 0.234 e. The second-order valence-electron chi connectivity index (χ2n) is 5.98. The van der Waals surface area contributed by atoms with Crippen molar-refractivity contribution in [1.82, 2.24) is 10.6 Å². The number of carbonyl (C=O) groups is 1. The third-order valence-electron chi connectivity index (χ3n) is 2.89. The van der Waals surface area contributed by atoms with E-state index in [2.05, 4.69) is 16.7 Å². The summed E-state index contributed by atoms with van der Waals surface area (Å²) in [5.74, 6) is 0.983. The van der Waals surface area contributed by atoms with E-state index < -0.39 is 0 Å². The van der Waals surface area contributed by atoms with Crippen molar-refractivity contribution in [3.05, 3.63) is 29.8 Å². The van der Waals surface area contributed by atoms with Crippen LogP contribution in [0.1, 0.15) is 26.3 Å². The normalized spacial score (nSPS) is 17.7. The van der Waals surface area contributed by atoms with Crippen LogP contribution in [0.2, 0.25) is 0 Å². The number of amides is 1. The predicted molar refractivity (Wildman–Crippen MR) is 75.3 cm³/mol. The summed E-state index contributed by atoms with van der Waals surface area (Å²) in [7, 11) is 0. The van der Waals surface area contributed by atoms with Gasteiger partial charge in [0.15, 0.2) is 0 Å². The quantitative estimate of drug-likeness (QED) is 0.864. The Kier molecular flexibility index (Phi) is 4.10. The number of benzene rings is 1. The standard InChI is InChI=1S/C15H22N2O2/c1-15(2,3)17-14(18)10-16-9-12-8-11-6-4-5-7-13(11)19-12/h4-7,12,16H,8-10H2,1-3H3,(H,17,18). The molecule has 0 fully saturated rings. The summed E-state index contributed by atoms with van der Waals surface area (Å²) >= 11 is 0. The lowest BCUT2D eigenvalue weighted by molar-refractivity contribution is -0.121. The molecule has 4 nitrogen and oxygen atoms in total. The minimum Gasteiger partial charge on any atom is -0.488 e. The molecule has 0 spiro atoms. The largest absolute Gasteiger partial charge is 0.488 e. The molecular formula is C15H22N2O2. The molecule has 0 saturated heterocycles. The Hall–Kier alpha value is -1.55. The molecule has 2 N–H and O–H groups in total. The molecule has 1 amide bonds. The zero-order valence-corrected chi connectivity index (χ0v) is 11.8. The molecule has 19 heavy (non-hydrogen) atoms. The average Bonchev–Trinajstić information content (AvgIpc) is 2.68. The van der Waals surface area contributed by atoms with E-state index in [-0.39, 0.29) is 17.6 Å². The predicted octanol–water partition coefficient (Wildman–Crippen LogP) is 1.49. The van der Waals surface area contributed by atoms with Crippen molar-refractivity contribution in [3.8, 4) is 5.75 Å². The maximum Gasteiger partial charge on any atom is 0.234 e. The Morgan fingerprint density at radius 2 is 2.11 bits per heavy atom. The van der Waals surface area contributed by atoms with Gasteiger partial charge in [0, 0.05) is 18.5 Å². The maximum absolute atomic E-state index is 11.6. The Bertz CT molecular complexity index is 427. The number of hydrogen-bond acceptors (Lipinski definition) is 3. The summed E-state index contributed by atoms with van der Waals surface area (Å²) in [5.41, 5.74) is 1.06. The van der Waals surface area contributed by atoms with Gasteiger partial charge in [0.2, 0.25) is 5.91 Å². The number of fused-ring (bicyclic) bond motifs is 1. The second kappa shape index (κ2) is 5.61. The highest BCUT2D eigenvalue weighted by atomic mass is 16.5. The summed E-state index contributed by atoms with van der Waals surface area (Å²) in [5, 5.41) is 6.07. The monoisotopic (exact) mass is 262 g/mol. The molecule has 0 aliphatic carbocycles. The molecule has 104 valence electrons. The van der Waals surface area contributed by atoms with Gasteiger partial charge in [-0.25, -0.2) is 0 Å². The highest BCUT2D eigenvalue weighted by molar-refractivity contribution is 5.78. The van der Waals surface area contributed by atoms with Gasteiger partial charge >= 0.3 is 0 Å². The Balaban J connectivity index is 1.70. The third kappa shape index (κ3) is 4.24. The number of para-hydroxylation sites is 1. The van der Waals surface area contributed by atoms with E-state index in [1.165, 1.54) is 5.56 Å². The summed E-state index contributed by atoms with van der Waals surface area (Å²) in [4.78, 5) is 11.6. The fraction of sp³-hybridized carbons (Fsp3) is 0.533. The first-order valence-electron chi connectivity index (χ1n) is 6.70. The van der Waals surface area contributed by atoms with Crippen molar-refractivity contribution in [3.63, 3.8) is 0 Å². The van der Waals surface area contributed by atoms with Gasteiger partial charge in [-0.3, -0.25) is 4.79 Å². The van der Waals surface area contributed by atoms with Crippen LogP contribution in [-0.4, -0.2) is 30.6 Å². The van der Waals surface area contributed by atoms with Gasteiger partial charge in [-0.1, -0.05) is 18.2 Å². The number of ether oxygens (including phenoxy) is 1. The van der Waals surface area contributed by atoms with E-state index >= 15 is 0 Å². The van der Waals surface area contributed by atoms with Crippen molar-refractivity contribution in [1.29, 1.82) is 0 Å². The summed E-state index contributed by atoms with van der Waals surface area (Å²) in [6, 6.07) is 8.07. The topological polar surface area (TPSA) is 50.4 Å². The first-order valence-corrected chi connectivity index (χ1v) is 6.70. The highest BCUT2D eigenvalue weighted by Crippen LogP contribution is 2.27. The van der Waals surface area contributed by atoms with Crippen molar-refractivity contribution in [2.75, 3.05) is 13.1 Å². The van der Waals surface area contributed by atoms with E-state index in [1.54, 1.807) is 0 Å². The molecule has 1 heterocycles. The molecule has 0 aromatic heterocycles. The van der Waals surface area contributed by atoms with Gasteiger partial charge in [0.05, 0.1) is 6.54 Å². The maximum atomic E-state index is 11.6. The molecule has 4 heteroatoms. The fourth-order valence-electron chi connectivity index (χ4n) is 2.18. The van der Waals surface area contributed by atoms with Crippen molar-refractivity contribution < 1.29 is 9.53 Å². The van der Waals surface area contributed by atoms with Crippen molar-refractivity contribution >= 4 is 5.91 Å². The van der Waals surface area contributed by atoms with Crippen molar-refractivity contribution in [2.45, 2.75) is 38.8 Å². The summed E-state index contributed by atoms with van der Waals surface area (Å²) < 4.78 is 5.80. The molecule has 1 aliphatic heterocycles. The highest BCUT2D eigenvalue weighted by Gasteiger charge is 2.22. The SMILES string of the molecule is CC(C)(C)NC(=O)CNCC1Cc2ccccc2O1. The fourth-order valence-corrected chi connectivity index (χ4v) is 2.18. The van der Waals surface area contributed by atoms with Gasteiger partial charge in [-0.2, -0.15) is 0 Å². The minimum atomic E-state index is -0.182. The molecule has 1 aromatic carbocycles. The lowest BCUT2D eigenvalue weighted by Gasteiger charge is -2.21. The van der Waals surface area contributed by atoms with Gasteiger partial charge in [-0.05, 0) is 32.4 Å². The second-order valence-corrected chi connectivity index (χ2v) is 5.98. The van der Waals surface area contributed by atoms with E-state index in [4.69, 9.17) is 4.74 Å². The molecule has 0 bridgehead atoms. The van der Waals surface area contributed by atoms with Crippen LogP contribution >= 0.6 is 0 Å². The molecule has 1 aromatic rings.